The average molecular weight is 719 g/mol. The second-order valence-electron chi connectivity index (χ2n) is 13.7. The van der Waals surface area contributed by atoms with E-state index in [1.54, 1.807) is 30.4 Å². The van der Waals surface area contributed by atoms with Gasteiger partial charge in [0.25, 0.3) is 5.91 Å². The van der Waals surface area contributed by atoms with Gasteiger partial charge in [-0.25, -0.2) is 9.97 Å². The first-order chi connectivity index (χ1) is 23.2. The molecule has 0 bridgehead atoms. The van der Waals surface area contributed by atoms with Crippen molar-refractivity contribution < 1.29 is 33.4 Å². The molecular formula is C34H50N6O7S2. The van der Waals surface area contributed by atoms with Crippen LogP contribution in [0.1, 0.15) is 99.2 Å². The Bertz CT molecular complexity index is 1460. The van der Waals surface area contributed by atoms with Crippen LogP contribution in [0.3, 0.4) is 0 Å². The highest BCUT2D eigenvalue weighted by Gasteiger charge is 2.54. The van der Waals surface area contributed by atoms with Crippen molar-refractivity contribution >= 4 is 52.3 Å². The van der Waals surface area contributed by atoms with Crippen molar-refractivity contribution in [1.29, 1.82) is 0 Å². The molecule has 2 aromatic heterocycles. The van der Waals surface area contributed by atoms with E-state index < -0.39 is 35.5 Å². The minimum atomic E-state index is -0.929. The van der Waals surface area contributed by atoms with Crippen molar-refractivity contribution in [2.24, 2.45) is 11.8 Å². The first-order valence-electron chi connectivity index (χ1n) is 16.9. The molecule has 2 aliphatic rings. The summed E-state index contributed by atoms with van der Waals surface area (Å²) >= 11 is 2.66. The molecule has 3 heterocycles. The zero-order valence-electron chi connectivity index (χ0n) is 29.5. The predicted molar refractivity (Wildman–Crippen MR) is 186 cm³/mol. The topological polar surface area (TPSA) is 160 Å². The molecule has 2 N–H and O–H groups in total. The van der Waals surface area contributed by atoms with E-state index in [0.717, 1.165) is 30.8 Å². The number of hydrogen-bond donors (Lipinski definition) is 2. The first-order valence-corrected chi connectivity index (χ1v) is 18.7. The van der Waals surface area contributed by atoms with Crippen molar-refractivity contribution in [2.75, 3.05) is 27.7 Å². The molecule has 270 valence electrons. The molecule has 1 saturated heterocycles. The van der Waals surface area contributed by atoms with Crippen molar-refractivity contribution in [3.05, 3.63) is 32.7 Å². The minimum Gasteiger partial charge on any atom is -0.469 e. The fraction of sp³-hybridized carbons (Fsp3) is 0.676. The van der Waals surface area contributed by atoms with E-state index in [1.165, 1.54) is 36.7 Å². The van der Waals surface area contributed by atoms with Crippen LogP contribution in [0.4, 0.5) is 0 Å². The lowest BCUT2D eigenvalue weighted by Gasteiger charge is -2.37. The number of likely N-dealkylation sites (tertiary alicyclic amines) is 1. The number of rotatable bonds is 16. The van der Waals surface area contributed by atoms with Crippen LogP contribution in [0.5, 0.6) is 0 Å². The van der Waals surface area contributed by atoms with Gasteiger partial charge in [-0.15, -0.1) is 22.7 Å². The van der Waals surface area contributed by atoms with Crippen LogP contribution in [0.25, 0.3) is 0 Å². The third kappa shape index (κ3) is 10.1. The standard InChI is InChI=1S/C34H50N6O7S2/c1-20(2)26(40(6)33(45)34(11-12-34)38-30(43)25-10-8-9-14-39(25)5)18-27(47-22(4)41)31-37-24(19-49-31)29(42)36-23(16-21(3)32(44)46-7)17-28-35-13-15-48-28/h13,15,19-21,23,25-27H,8-12,14,16-18H2,1-7H3,(H,36,42)(H,38,43)/t21-,23+,25+,26+,27+/m0/s1. The summed E-state index contributed by atoms with van der Waals surface area (Å²) in [5.41, 5.74) is -0.772. The summed E-state index contributed by atoms with van der Waals surface area (Å²) in [5.74, 6) is -2.04. The molecule has 15 heteroatoms. The number of hydrogen-bond acceptors (Lipinski definition) is 12. The number of ether oxygens (including phenoxy) is 2. The smallest absolute Gasteiger partial charge is 0.308 e. The van der Waals surface area contributed by atoms with E-state index in [2.05, 4.69) is 25.5 Å². The van der Waals surface area contributed by atoms with Crippen LogP contribution in [0.2, 0.25) is 0 Å². The van der Waals surface area contributed by atoms with Gasteiger partial charge in [0, 0.05) is 55.9 Å². The summed E-state index contributed by atoms with van der Waals surface area (Å²) in [7, 11) is 5.01. The molecule has 0 spiro atoms. The van der Waals surface area contributed by atoms with Crippen molar-refractivity contribution in [3.63, 3.8) is 0 Å². The Morgan fingerprint density at radius 1 is 1.12 bits per heavy atom. The number of carbonyl (C=O) groups excluding carboxylic acids is 5. The molecule has 0 unspecified atom stereocenters. The highest BCUT2D eigenvalue weighted by Crippen LogP contribution is 2.39. The molecule has 2 aromatic rings. The fourth-order valence-corrected chi connectivity index (χ4v) is 8.05. The quantitative estimate of drug-likeness (QED) is 0.245. The predicted octanol–water partition coefficient (Wildman–Crippen LogP) is 3.75. The molecule has 1 aliphatic carbocycles. The van der Waals surface area contributed by atoms with E-state index in [-0.39, 0.29) is 47.9 Å². The van der Waals surface area contributed by atoms with Gasteiger partial charge >= 0.3 is 11.9 Å². The third-order valence-electron chi connectivity index (χ3n) is 9.46. The molecule has 2 fully saturated rings. The maximum Gasteiger partial charge on any atom is 0.308 e. The Kier molecular flexibility index (Phi) is 13.3. The van der Waals surface area contributed by atoms with Gasteiger partial charge in [-0.3, -0.25) is 28.9 Å². The lowest BCUT2D eigenvalue weighted by atomic mass is 9.95. The van der Waals surface area contributed by atoms with Gasteiger partial charge in [0.1, 0.15) is 16.2 Å². The van der Waals surface area contributed by atoms with Crippen LogP contribution in [0.15, 0.2) is 17.0 Å². The summed E-state index contributed by atoms with van der Waals surface area (Å²) in [5, 5.41) is 10.8. The number of piperidine rings is 1. The number of nitrogens with zero attached hydrogens (tertiary/aromatic N) is 4. The van der Waals surface area contributed by atoms with Crippen LogP contribution in [0, 0.1) is 11.8 Å². The molecular weight excluding hydrogens is 669 g/mol. The first kappa shape index (κ1) is 38.4. The van der Waals surface area contributed by atoms with Gasteiger partial charge in [-0.1, -0.05) is 27.2 Å². The highest BCUT2D eigenvalue weighted by molar-refractivity contribution is 7.10. The van der Waals surface area contributed by atoms with Crippen molar-refractivity contribution in [2.45, 2.75) is 109 Å². The minimum absolute atomic E-state index is 0.0193. The number of carbonyl (C=O) groups is 5. The Hall–Kier alpha value is -3.43. The number of esters is 2. The number of methoxy groups -OCH3 is 1. The second kappa shape index (κ2) is 17.0. The van der Waals surface area contributed by atoms with E-state index in [4.69, 9.17) is 9.47 Å². The van der Waals surface area contributed by atoms with Crippen LogP contribution in [-0.2, 0) is 35.1 Å². The zero-order valence-corrected chi connectivity index (χ0v) is 31.2. The highest BCUT2D eigenvalue weighted by atomic mass is 32.1. The Morgan fingerprint density at radius 2 is 1.86 bits per heavy atom. The maximum absolute atomic E-state index is 14.0. The van der Waals surface area contributed by atoms with Crippen LogP contribution >= 0.6 is 22.7 Å². The molecule has 13 nitrogen and oxygen atoms in total. The third-order valence-corrected chi connectivity index (χ3v) is 11.2. The summed E-state index contributed by atoms with van der Waals surface area (Å²) < 4.78 is 10.6. The Balaban J connectivity index is 1.47. The molecule has 0 aromatic carbocycles. The van der Waals surface area contributed by atoms with Gasteiger partial charge in [0.2, 0.25) is 11.8 Å². The fourth-order valence-electron chi connectivity index (χ4n) is 6.51. The normalized spacial score (nSPS) is 19.6. The zero-order chi connectivity index (χ0) is 35.9. The monoisotopic (exact) mass is 718 g/mol. The van der Waals surface area contributed by atoms with E-state index >= 15 is 0 Å². The SMILES string of the molecule is COC(=O)[C@@H](C)C[C@H](Cc1nccs1)NC(=O)c1csc([C@@H](C[C@H](C(C)C)N(C)C(=O)C2(NC(=O)[C@H]3CCCCN3C)CC2)OC(C)=O)n1. The largest absolute Gasteiger partial charge is 0.469 e. The van der Waals surface area contributed by atoms with Gasteiger partial charge in [-0.05, 0) is 51.6 Å². The molecule has 1 saturated carbocycles. The van der Waals surface area contributed by atoms with E-state index in [9.17, 15) is 24.0 Å². The van der Waals surface area contributed by atoms with Crippen molar-refractivity contribution in [1.82, 2.24) is 30.4 Å². The van der Waals surface area contributed by atoms with Crippen molar-refractivity contribution in [3.8, 4) is 0 Å². The van der Waals surface area contributed by atoms with Gasteiger partial charge < -0.3 is 25.0 Å². The molecule has 5 atom stereocenters. The molecule has 3 amide bonds. The summed E-state index contributed by atoms with van der Waals surface area (Å²) in [6, 6.07) is -0.998. The molecule has 1 aliphatic heterocycles. The number of likely N-dealkylation sites (N-methyl/N-ethyl adjacent to an activating group) is 2. The second-order valence-corrected chi connectivity index (χ2v) is 15.5. The van der Waals surface area contributed by atoms with Crippen LogP contribution < -0.4 is 10.6 Å². The maximum atomic E-state index is 14.0. The van der Waals surface area contributed by atoms with E-state index in [1.807, 2.05) is 26.3 Å². The van der Waals surface area contributed by atoms with Crippen LogP contribution in [-0.4, -0.2) is 101 Å². The number of nitrogens with one attached hydrogen (secondary N) is 2. The Labute approximate surface area is 296 Å². The number of thiazole rings is 2. The summed E-state index contributed by atoms with van der Waals surface area (Å²) in [6.45, 7) is 7.91. The average Bonchev–Trinajstić information content (AvgIpc) is 3.40. The van der Waals surface area contributed by atoms with E-state index in [0.29, 0.717) is 30.7 Å². The number of aromatic nitrogens is 2. The lowest BCUT2D eigenvalue weighted by molar-refractivity contribution is -0.149. The van der Waals surface area contributed by atoms with Gasteiger partial charge in [0.15, 0.2) is 6.10 Å². The summed E-state index contributed by atoms with van der Waals surface area (Å²) in [6.07, 6.45) is 5.89. The Morgan fingerprint density at radius 3 is 2.45 bits per heavy atom. The van der Waals surface area contributed by atoms with Gasteiger partial charge in [-0.2, -0.15) is 0 Å². The number of amides is 3. The molecule has 49 heavy (non-hydrogen) atoms. The molecule has 0 radical (unpaired) electrons. The molecule has 4 rings (SSSR count). The lowest BCUT2D eigenvalue weighted by Crippen LogP contribution is -2.57. The summed E-state index contributed by atoms with van der Waals surface area (Å²) in [4.78, 5) is 77.7. The van der Waals surface area contributed by atoms with Gasteiger partial charge in [0.05, 0.1) is 24.1 Å².